The molecular formula is C27H22F3N7O. The van der Waals surface area contributed by atoms with Crippen LogP contribution in [-0.4, -0.2) is 35.8 Å². The molecule has 5 aromatic rings. The number of halogens is 3. The van der Waals surface area contributed by atoms with E-state index in [0.29, 0.717) is 22.6 Å². The number of alkyl halides is 3. The highest BCUT2D eigenvalue weighted by Gasteiger charge is 2.30. The summed E-state index contributed by atoms with van der Waals surface area (Å²) in [6.07, 6.45) is -0.462. The molecule has 38 heavy (non-hydrogen) atoms. The van der Waals surface area contributed by atoms with Crippen molar-refractivity contribution in [2.45, 2.75) is 26.2 Å². The van der Waals surface area contributed by atoms with Crippen LogP contribution in [0, 0.1) is 6.92 Å². The minimum absolute atomic E-state index is 0.00156. The molecule has 0 aliphatic carbocycles. The first-order chi connectivity index (χ1) is 18.2. The molecule has 8 nitrogen and oxygen atoms in total. The van der Waals surface area contributed by atoms with E-state index in [1.54, 1.807) is 35.3 Å². The molecule has 192 valence electrons. The molecule has 3 aromatic heterocycles. The SMILES string of the molecule is Cc1cc2cc(C(=O)N(Cc3cccc(-n4ccnn4)c3)Cc3ccc(C(F)(F)F)cn3)ccc2nc1N. The van der Waals surface area contributed by atoms with E-state index in [2.05, 4.69) is 20.3 Å². The standard InChI is InChI=1S/C27H22F3N7O/c1-17-11-20-13-19(5-8-24(20)34-25(17)31)26(38)36(16-22-7-6-21(14-32-22)27(28,29)30)15-18-3-2-4-23(12-18)37-10-9-33-35-37/h2-14H,15-16H2,1H3,(H2,31,34). The van der Waals surface area contributed by atoms with E-state index in [1.165, 1.54) is 11.0 Å². The summed E-state index contributed by atoms with van der Waals surface area (Å²) in [6, 6.07) is 16.6. The Hall–Kier alpha value is -4.80. The van der Waals surface area contributed by atoms with Crippen molar-refractivity contribution < 1.29 is 18.0 Å². The van der Waals surface area contributed by atoms with E-state index in [4.69, 9.17) is 5.73 Å². The van der Waals surface area contributed by atoms with Crippen LogP contribution >= 0.6 is 0 Å². The molecule has 0 unspecified atom stereocenters. The van der Waals surface area contributed by atoms with Crippen molar-refractivity contribution in [1.82, 2.24) is 29.9 Å². The van der Waals surface area contributed by atoms with Gasteiger partial charge in [-0.2, -0.15) is 13.2 Å². The number of pyridine rings is 2. The Morgan fingerprint density at radius 2 is 1.89 bits per heavy atom. The lowest BCUT2D eigenvalue weighted by Gasteiger charge is -2.23. The molecule has 0 saturated heterocycles. The average Bonchev–Trinajstić information content (AvgIpc) is 3.44. The topological polar surface area (TPSA) is 103 Å². The smallest absolute Gasteiger partial charge is 0.383 e. The first-order valence-corrected chi connectivity index (χ1v) is 11.6. The molecule has 0 fully saturated rings. The van der Waals surface area contributed by atoms with Gasteiger partial charge in [-0.1, -0.05) is 17.3 Å². The highest BCUT2D eigenvalue weighted by molar-refractivity contribution is 5.98. The van der Waals surface area contributed by atoms with Gasteiger partial charge in [0.2, 0.25) is 0 Å². The first-order valence-electron chi connectivity index (χ1n) is 11.6. The number of aryl methyl sites for hydroxylation is 1. The Morgan fingerprint density at radius 1 is 1.05 bits per heavy atom. The average molecular weight is 518 g/mol. The number of anilines is 1. The Morgan fingerprint density at radius 3 is 2.61 bits per heavy atom. The fraction of sp³-hybridized carbons (Fsp3) is 0.148. The van der Waals surface area contributed by atoms with Gasteiger partial charge in [0.15, 0.2) is 0 Å². The lowest BCUT2D eigenvalue weighted by atomic mass is 10.1. The van der Waals surface area contributed by atoms with Crippen LogP contribution in [0.25, 0.3) is 16.6 Å². The number of hydrogen-bond donors (Lipinski definition) is 1. The van der Waals surface area contributed by atoms with E-state index in [0.717, 1.165) is 34.5 Å². The molecule has 1 amide bonds. The second kappa shape index (κ2) is 9.92. The van der Waals surface area contributed by atoms with Gasteiger partial charge in [-0.3, -0.25) is 9.78 Å². The van der Waals surface area contributed by atoms with E-state index < -0.39 is 11.7 Å². The summed E-state index contributed by atoms with van der Waals surface area (Å²) in [7, 11) is 0. The van der Waals surface area contributed by atoms with E-state index in [-0.39, 0.29) is 19.0 Å². The lowest BCUT2D eigenvalue weighted by molar-refractivity contribution is -0.137. The summed E-state index contributed by atoms with van der Waals surface area (Å²) in [6.45, 7) is 2.02. The van der Waals surface area contributed by atoms with Crippen molar-refractivity contribution in [2.75, 3.05) is 5.73 Å². The largest absolute Gasteiger partial charge is 0.417 e. The van der Waals surface area contributed by atoms with E-state index >= 15 is 0 Å². The molecule has 11 heteroatoms. The van der Waals surface area contributed by atoms with Gasteiger partial charge in [0.1, 0.15) is 5.82 Å². The summed E-state index contributed by atoms with van der Waals surface area (Å²) in [5.74, 6) is 0.105. The normalized spacial score (nSPS) is 11.6. The van der Waals surface area contributed by atoms with Crippen molar-refractivity contribution in [2.24, 2.45) is 0 Å². The summed E-state index contributed by atoms with van der Waals surface area (Å²) in [5.41, 5.74) is 8.79. The second-order valence-corrected chi connectivity index (χ2v) is 8.81. The molecule has 0 aliphatic rings. The molecule has 0 atom stereocenters. The minimum atomic E-state index is -4.50. The van der Waals surface area contributed by atoms with Crippen LogP contribution in [0.3, 0.4) is 0 Å². The van der Waals surface area contributed by atoms with Crippen LogP contribution < -0.4 is 5.73 Å². The monoisotopic (exact) mass is 517 g/mol. The van der Waals surface area contributed by atoms with Gasteiger partial charge < -0.3 is 10.6 Å². The molecule has 0 radical (unpaired) electrons. The van der Waals surface area contributed by atoms with Crippen LogP contribution in [0.15, 0.2) is 79.3 Å². The molecule has 0 aliphatic heterocycles. The number of fused-ring (bicyclic) bond motifs is 1. The lowest BCUT2D eigenvalue weighted by Crippen LogP contribution is -2.30. The predicted molar refractivity (Wildman–Crippen MR) is 135 cm³/mol. The van der Waals surface area contributed by atoms with Crippen molar-refractivity contribution in [3.8, 4) is 5.69 Å². The van der Waals surface area contributed by atoms with Crippen LogP contribution in [0.5, 0.6) is 0 Å². The zero-order valence-electron chi connectivity index (χ0n) is 20.2. The molecule has 0 saturated carbocycles. The number of nitrogen functional groups attached to an aromatic ring is 1. The number of carbonyl (C=O) groups is 1. The van der Waals surface area contributed by atoms with Gasteiger partial charge in [-0.05, 0) is 66.6 Å². The predicted octanol–water partition coefficient (Wildman–Crippen LogP) is 4.96. The zero-order chi connectivity index (χ0) is 26.9. The first kappa shape index (κ1) is 24.9. The van der Waals surface area contributed by atoms with Gasteiger partial charge in [-0.25, -0.2) is 9.67 Å². The number of benzene rings is 2. The number of nitrogens with zero attached hydrogens (tertiary/aromatic N) is 6. The van der Waals surface area contributed by atoms with Gasteiger partial charge >= 0.3 is 6.18 Å². The highest BCUT2D eigenvalue weighted by Crippen LogP contribution is 2.29. The van der Waals surface area contributed by atoms with Gasteiger partial charge in [-0.15, -0.1) is 5.10 Å². The molecule has 2 N–H and O–H groups in total. The van der Waals surface area contributed by atoms with Crippen molar-refractivity contribution in [3.63, 3.8) is 0 Å². The maximum atomic E-state index is 13.7. The van der Waals surface area contributed by atoms with E-state index in [1.807, 2.05) is 37.3 Å². The molecule has 2 aromatic carbocycles. The summed E-state index contributed by atoms with van der Waals surface area (Å²) >= 11 is 0. The minimum Gasteiger partial charge on any atom is -0.383 e. The number of rotatable bonds is 6. The third kappa shape index (κ3) is 5.31. The fourth-order valence-corrected chi connectivity index (χ4v) is 4.06. The molecule has 0 spiro atoms. The Bertz CT molecular complexity index is 1600. The number of hydrogen-bond acceptors (Lipinski definition) is 6. The number of aromatic nitrogens is 5. The highest BCUT2D eigenvalue weighted by atomic mass is 19.4. The maximum absolute atomic E-state index is 13.7. The number of amides is 1. The Labute approximate surface area is 215 Å². The quantitative estimate of drug-likeness (QED) is 0.342. The van der Waals surface area contributed by atoms with Gasteiger partial charge in [0, 0.05) is 23.7 Å². The third-order valence-corrected chi connectivity index (χ3v) is 6.05. The Balaban J connectivity index is 1.48. The van der Waals surface area contributed by atoms with Crippen LogP contribution in [0.2, 0.25) is 0 Å². The molecule has 0 bridgehead atoms. The Kier molecular flexibility index (Phi) is 6.50. The van der Waals surface area contributed by atoms with Crippen LogP contribution in [-0.2, 0) is 19.3 Å². The molecular weight excluding hydrogens is 495 g/mol. The molecule has 3 heterocycles. The maximum Gasteiger partial charge on any atom is 0.417 e. The van der Waals surface area contributed by atoms with E-state index in [9.17, 15) is 18.0 Å². The zero-order valence-corrected chi connectivity index (χ0v) is 20.2. The van der Waals surface area contributed by atoms with Crippen molar-refractivity contribution in [1.29, 1.82) is 0 Å². The second-order valence-electron chi connectivity index (χ2n) is 8.81. The fourth-order valence-electron chi connectivity index (χ4n) is 4.06. The van der Waals surface area contributed by atoms with Crippen LogP contribution in [0.1, 0.15) is 32.7 Å². The van der Waals surface area contributed by atoms with Crippen molar-refractivity contribution >= 4 is 22.6 Å². The number of nitrogens with two attached hydrogens (primary N) is 1. The molecule has 5 rings (SSSR count). The third-order valence-electron chi connectivity index (χ3n) is 6.05. The van der Waals surface area contributed by atoms with Gasteiger partial charge in [0.05, 0.1) is 41.4 Å². The van der Waals surface area contributed by atoms with Crippen LogP contribution in [0.4, 0.5) is 19.0 Å². The summed E-state index contributed by atoms with van der Waals surface area (Å²) in [4.78, 5) is 23.6. The summed E-state index contributed by atoms with van der Waals surface area (Å²) < 4.78 is 40.7. The van der Waals surface area contributed by atoms with Gasteiger partial charge in [0.25, 0.3) is 5.91 Å². The number of carbonyl (C=O) groups excluding carboxylic acids is 1. The van der Waals surface area contributed by atoms with Crippen molar-refractivity contribution in [3.05, 3.63) is 107 Å². The summed E-state index contributed by atoms with van der Waals surface area (Å²) in [5, 5.41) is 8.57.